The van der Waals surface area contributed by atoms with Gasteiger partial charge in [0, 0.05) is 0 Å². The van der Waals surface area contributed by atoms with Crippen LogP contribution in [0.3, 0.4) is 0 Å². The van der Waals surface area contributed by atoms with Crippen LogP contribution in [0.25, 0.3) is 0 Å². The third-order valence-corrected chi connectivity index (χ3v) is 1.15. The van der Waals surface area contributed by atoms with E-state index in [1.807, 2.05) is 41.1 Å². The highest BCUT2D eigenvalue weighted by Crippen LogP contribution is 2.18. The predicted octanol–water partition coefficient (Wildman–Crippen LogP) is 0.761. The molecule has 0 saturated heterocycles. The molecule has 0 aromatic rings. The maximum atomic E-state index is 2.98. The summed E-state index contributed by atoms with van der Waals surface area (Å²) in [5, 5.41) is 3.82. The normalized spacial score (nSPS) is 24.2. The number of rotatable bonds is 0. The predicted molar refractivity (Wildman–Crippen MR) is 29.5 cm³/mol. The van der Waals surface area contributed by atoms with Gasteiger partial charge in [0.15, 0.2) is 0 Å². The maximum Gasteiger partial charge on any atom is 0.0946 e. The van der Waals surface area contributed by atoms with E-state index >= 15 is 0 Å². The van der Waals surface area contributed by atoms with Crippen molar-refractivity contribution in [1.82, 2.24) is 10.0 Å². The van der Waals surface area contributed by atoms with Crippen LogP contribution >= 0.6 is 0 Å². The standard InChI is InChI=1S/C6H5N2/c1-3-7-5-2-6-8(7)4-1/h1-5H/q-1. The van der Waals surface area contributed by atoms with Gasteiger partial charge in [-0.3, -0.25) is 5.01 Å². The summed E-state index contributed by atoms with van der Waals surface area (Å²) in [6.45, 7) is 4.92. The second-order valence-electron chi connectivity index (χ2n) is 1.66. The molecule has 2 radical (unpaired) electrons. The largest absolute Gasteiger partial charge is 0.378 e. The van der Waals surface area contributed by atoms with E-state index in [4.69, 9.17) is 0 Å². The molecule has 0 amide bonds. The highest BCUT2D eigenvalue weighted by Gasteiger charge is 2.08. The molecule has 2 nitrogen and oxygen atoms in total. The minimum absolute atomic E-state index is 1.88. The maximum absolute atomic E-state index is 2.98. The minimum atomic E-state index is 1.88. The Morgan fingerprint density at radius 1 is 1.38 bits per heavy atom. The average molecular weight is 105 g/mol. The van der Waals surface area contributed by atoms with E-state index in [-0.39, 0.29) is 0 Å². The lowest BCUT2D eigenvalue weighted by Crippen LogP contribution is -2.20. The van der Waals surface area contributed by atoms with E-state index < -0.39 is 0 Å². The Labute approximate surface area is 48.7 Å². The fourth-order valence-electron chi connectivity index (χ4n) is 0.774. The average Bonchev–Trinajstić information content (AvgIpc) is 2.15. The highest BCUT2D eigenvalue weighted by atomic mass is 15.6. The van der Waals surface area contributed by atoms with Gasteiger partial charge in [-0.05, 0) is 12.3 Å². The first-order chi connectivity index (χ1) is 3.97. The van der Waals surface area contributed by atoms with Gasteiger partial charge in [-0.15, -0.1) is 12.7 Å². The fourth-order valence-corrected chi connectivity index (χ4v) is 0.774. The van der Waals surface area contributed by atoms with Gasteiger partial charge < -0.3 is 5.01 Å². The van der Waals surface area contributed by atoms with Crippen LogP contribution in [0.1, 0.15) is 0 Å². The van der Waals surface area contributed by atoms with Crippen molar-refractivity contribution in [3.8, 4) is 0 Å². The molecule has 2 aliphatic heterocycles. The van der Waals surface area contributed by atoms with Gasteiger partial charge in [0.1, 0.15) is 0 Å². The molecule has 0 atom stereocenters. The molecule has 0 N–H and O–H groups in total. The van der Waals surface area contributed by atoms with Crippen molar-refractivity contribution in [2.24, 2.45) is 0 Å². The van der Waals surface area contributed by atoms with Gasteiger partial charge in [-0.25, -0.2) is 0 Å². The number of nitrogens with zero attached hydrogens (tertiary/aromatic N) is 2. The van der Waals surface area contributed by atoms with E-state index in [1.54, 1.807) is 0 Å². The molecule has 40 valence electrons. The van der Waals surface area contributed by atoms with Crippen molar-refractivity contribution < 1.29 is 0 Å². The Morgan fingerprint density at radius 2 is 2.38 bits per heavy atom. The molecule has 2 heterocycles. The summed E-state index contributed by atoms with van der Waals surface area (Å²) in [5.41, 5.74) is 0. The van der Waals surface area contributed by atoms with Crippen molar-refractivity contribution >= 4 is 0 Å². The molecule has 0 unspecified atom stereocenters. The van der Waals surface area contributed by atoms with Crippen molar-refractivity contribution in [2.45, 2.75) is 0 Å². The third-order valence-electron chi connectivity index (χ3n) is 1.15. The summed E-state index contributed by atoms with van der Waals surface area (Å²) < 4.78 is 0. The molecule has 0 spiro atoms. The van der Waals surface area contributed by atoms with E-state index in [2.05, 4.69) is 6.54 Å². The summed E-state index contributed by atoms with van der Waals surface area (Å²) in [4.78, 5) is 0. The lowest BCUT2D eigenvalue weighted by Gasteiger charge is -2.25. The number of fused-ring (bicyclic) bond motifs is 1. The lowest BCUT2D eigenvalue weighted by atomic mass is 10.5. The van der Waals surface area contributed by atoms with Gasteiger partial charge in [-0.2, -0.15) is 6.08 Å². The van der Waals surface area contributed by atoms with Gasteiger partial charge in [-0.1, -0.05) is 0 Å². The summed E-state index contributed by atoms with van der Waals surface area (Å²) >= 11 is 0. The summed E-state index contributed by atoms with van der Waals surface area (Å²) in [5.74, 6) is 0. The van der Waals surface area contributed by atoms with Crippen LogP contribution in [0.5, 0.6) is 0 Å². The Balaban J connectivity index is 2.22. The van der Waals surface area contributed by atoms with Crippen LogP contribution in [-0.2, 0) is 0 Å². The molecule has 2 rings (SSSR count). The first-order valence-electron chi connectivity index (χ1n) is 2.49. The van der Waals surface area contributed by atoms with Crippen molar-refractivity contribution in [3.05, 3.63) is 37.6 Å². The summed E-state index contributed by atoms with van der Waals surface area (Å²) in [6.07, 6.45) is 7.76. The van der Waals surface area contributed by atoms with Crippen molar-refractivity contribution in [3.63, 3.8) is 0 Å². The third kappa shape index (κ3) is 0.378. The molecule has 0 aliphatic carbocycles. The molecule has 0 aromatic carbocycles. The zero-order valence-electron chi connectivity index (χ0n) is 4.28. The highest BCUT2D eigenvalue weighted by molar-refractivity contribution is 5.15. The molecule has 0 aromatic heterocycles. The Morgan fingerprint density at radius 3 is 3.25 bits per heavy atom. The van der Waals surface area contributed by atoms with Gasteiger partial charge in [0.05, 0.1) is 6.54 Å². The second-order valence-corrected chi connectivity index (χ2v) is 1.66. The number of hydrogen-bond donors (Lipinski definition) is 0. The molecule has 0 bridgehead atoms. The molecular weight excluding hydrogens is 100 g/mol. The van der Waals surface area contributed by atoms with E-state index in [0.717, 1.165) is 0 Å². The molecular formula is C6H5N2-. The Kier molecular flexibility index (Phi) is 0.652. The van der Waals surface area contributed by atoms with Crippen LogP contribution in [0.15, 0.2) is 24.6 Å². The lowest BCUT2D eigenvalue weighted by molar-refractivity contribution is 0.203. The van der Waals surface area contributed by atoms with Crippen molar-refractivity contribution in [2.75, 3.05) is 0 Å². The quantitative estimate of drug-likeness (QED) is 0.420. The van der Waals surface area contributed by atoms with E-state index in [1.165, 1.54) is 0 Å². The smallest absolute Gasteiger partial charge is 0.0946 e. The first kappa shape index (κ1) is 4.04. The molecule has 0 saturated carbocycles. The van der Waals surface area contributed by atoms with E-state index in [0.29, 0.717) is 0 Å². The van der Waals surface area contributed by atoms with Crippen LogP contribution in [0, 0.1) is 13.1 Å². The zero-order chi connectivity index (χ0) is 5.40. The van der Waals surface area contributed by atoms with Gasteiger partial charge >= 0.3 is 0 Å². The van der Waals surface area contributed by atoms with Crippen LogP contribution in [-0.4, -0.2) is 10.0 Å². The van der Waals surface area contributed by atoms with E-state index in [9.17, 15) is 0 Å². The number of hydrogen-bond acceptors (Lipinski definition) is 2. The fraction of sp³-hybridized carbons (Fsp3) is 0. The molecule has 0 fully saturated rings. The second kappa shape index (κ2) is 1.29. The SMILES string of the molecule is [C]1C=CN2C=C[CH-]N12. The molecule has 2 heteroatoms. The minimum Gasteiger partial charge on any atom is -0.378 e. The van der Waals surface area contributed by atoms with Crippen molar-refractivity contribution in [1.29, 1.82) is 0 Å². The van der Waals surface area contributed by atoms with Crippen LogP contribution in [0.2, 0.25) is 0 Å². The molecule has 8 heavy (non-hydrogen) atoms. The van der Waals surface area contributed by atoms with Crippen LogP contribution < -0.4 is 0 Å². The monoisotopic (exact) mass is 105 g/mol. The number of hydrazine groups is 1. The molecule has 2 aliphatic rings. The topological polar surface area (TPSA) is 6.48 Å². The van der Waals surface area contributed by atoms with Crippen LogP contribution in [0.4, 0.5) is 0 Å². The zero-order valence-corrected chi connectivity index (χ0v) is 4.28. The van der Waals surface area contributed by atoms with Gasteiger partial charge in [0.2, 0.25) is 0 Å². The summed E-state index contributed by atoms with van der Waals surface area (Å²) in [6, 6.07) is 0. The summed E-state index contributed by atoms with van der Waals surface area (Å²) in [7, 11) is 0. The Hall–Kier alpha value is -0.890. The first-order valence-corrected chi connectivity index (χ1v) is 2.49. The van der Waals surface area contributed by atoms with Gasteiger partial charge in [0.25, 0.3) is 0 Å². The Bertz CT molecular complexity index is 133.